The Kier molecular flexibility index (Phi) is 4.49. The summed E-state index contributed by atoms with van der Waals surface area (Å²) in [5, 5.41) is 12.0. The van der Waals surface area contributed by atoms with Gasteiger partial charge in [0, 0.05) is 4.88 Å². The Labute approximate surface area is 115 Å². The zero-order chi connectivity index (χ0) is 13.8. The standard InChI is InChI=1S/C12H17N3O3S/c1-15(7-11(17)18)6-10(16)14-12-13-8-4-2-3-5-9(8)19-12/h2-7H2,1H3,(H,17,18)(H,13,14,16). The highest BCUT2D eigenvalue weighted by atomic mass is 32.1. The maximum Gasteiger partial charge on any atom is 0.317 e. The molecule has 0 spiro atoms. The number of aromatic nitrogens is 1. The summed E-state index contributed by atoms with van der Waals surface area (Å²) in [4.78, 5) is 29.4. The van der Waals surface area contributed by atoms with Gasteiger partial charge in [-0.1, -0.05) is 0 Å². The molecule has 104 valence electrons. The maximum atomic E-state index is 11.7. The third kappa shape index (κ3) is 4.00. The van der Waals surface area contributed by atoms with Crippen molar-refractivity contribution < 1.29 is 14.7 Å². The van der Waals surface area contributed by atoms with E-state index in [9.17, 15) is 9.59 Å². The minimum absolute atomic E-state index is 0.0521. The summed E-state index contributed by atoms with van der Waals surface area (Å²) >= 11 is 1.53. The Morgan fingerprint density at radius 3 is 2.79 bits per heavy atom. The Balaban J connectivity index is 1.88. The molecule has 1 aliphatic rings. The van der Waals surface area contributed by atoms with Gasteiger partial charge in [-0.3, -0.25) is 14.5 Å². The molecule has 0 radical (unpaired) electrons. The summed E-state index contributed by atoms with van der Waals surface area (Å²) in [5.41, 5.74) is 1.10. The van der Waals surface area contributed by atoms with Crippen molar-refractivity contribution in [3.8, 4) is 0 Å². The number of carboxylic acids is 1. The molecule has 1 aromatic heterocycles. The molecule has 1 amide bonds. The van der Waals surface area contributed by atoms with Crippen molar-refractivity contribution >= 4 is 28.3 Å². The molecule has 0 aliphatic heterocycles. The van der Waals surface area contributed by atoms with Crippen LogP contribution >= 0.6 is 11.3 Å². The van der Waals surface area contributed by atoms with E-state index in [1.165, 1.54) is 27.5 Å². The highest BCUT2D eigenvalue weighted by Gasteiger charge is 2.17. The van der Waals surface area contributed by atoms with Gasteiger partial charge in [0.05, 0.1) is 18.8 Å². The molecule has 7 heteroatoms. The summed E-state index contributed by atoms with van der Waals surface area (Å²) in [6, 6.07) is 0. The molecule has 0 saturated carbocycles. The number of nitrogens with one attached hydrogen (secondary N) is 1. The first-order valence-electron chi connectivity index (χ1n) is 6.23. The van der Waals surface area contributed by atoms with Gasteiger partial charge in [-0.15, -0.1) is 11.3 Å². The molecule has 6 nitrogen and oxygen atoms in total. The van der Waals surface area contributed by atoms with Crippen LogP contribution in [-0.4, -0.2) is 47.0 Å². The van der Waals surface area contributed by atoms with Crippen LogP contribution in [0.5, 0.6) is 0 Å². The van der Waals surface area contributed by atoms with E-state index in [0.29, 0.717) is 5.13 Å². The van der Waals surface area contributed by atoms with Gasteiger partial charge in [-0.25, -0.2) is 4.98 Å². The molecule has 2 N–H and O–H groups in total. The SMILES string of the molecule is CN(CC(=O)O)CC(=O)Nc1nc2c(s1)CCCC2. The van der Waals surface area contributed by atoms with Crippen molar-refractivity contribution in [2.24, 2.45) is 0 Å². The molecular formula is C12H17N3O3S. The molecule has 0 atom stereocenters. The number of thiazole rings is 1. The molecule has 0 bridgehead atoms. The molecule has 1 aromatic rings. The predicted molar refractivity (Wildman–Crippen MR) is 72.5 cm³/mol. The highest BCUT2D eigenvalue weighted by molar-refractivity contribution is 7.15. The average molecular weight is 283 g/mol. The zero-order valence-electron chi connectivity index (χ0n) is 10.8. The lowest BCUT2D eigenvalue weighted by Crippen LogP contribution is -2.33. The van der Waals surface area contributed by atoms with E-state index in [2.05, 4.69) is 10.3 Å². The minimum atomic E-state index is -0.944. The van der Waals surface area contributed by atoms with Gasteiger partial charge in [0.1, 0.15) is 0 Å². The van der Waals surface area contributed by atoms with Gasteiger partial charge in [-0.2, -0.15) is 0 Å². The summed E-state index contributed by atoms with van der Waals surface area (Å²) in [5.74, 6) is -1.17. The van der Waals surface area contributed by atoms with Crippen LogP contribution in [0.15, 0.2) is 0 Å². The number of nitrogens with zero attached hydrogens (tertiary/aromatic N) is 2. The monoisotopic (exact) mass is 283 g/mol. The van der Waals surface area contributed by atoms with Gasteiger partial charge in [0.15, 0.2) is 5.13 Å². The Morgan fingerprint density at radius 2 is 2.11 bits per heavy atom. The average Bonchev–Trinajstić information content (AvgIpc) is 2.68. The molecule has 0 aromatic carbocycles. The number of carbonyl (C=O) groups is 2. The fourth-order valence-corrected chi connectivity index (χ4v) is 3.16. The number of amides is 1. The van der Waals surface area contributed by atoms with Crippen molar-refractivity contribution in [3.05, 3.63) is 10.6 Å². The Hall–Kier alpha value is -1.47. The number of rotatable bonds is 5. The van der Waals surface area contributed by atoms with E-state index in [1.54, 1.807) is 7.05 Å². The fourth-order valence-electron chi connectivity index (χ4n) is 2.10. The molecule has 0 unspecified atom stereocenters. The molecule has 1 heterocycles. The maximum absolute atomic E-state index is 11.7. The molecule has 1 aliphatic carbocycles. The van der Waals surface area contributed by atoms with E-state index in [4.69, 9.17) is 5.11 Å². The van der Waals surface area contributed by atoms with Crippen LogP contribution in [0.3, 0.4) is 0 Å². The van der Waals surface area contributed by atoms with E-state index in [1.807, 2.05) is 0 Å². The number of likely N-dealkylation sites (N-methyl/N-ethyl adjacent to an activating group) is 1. The summed E-state index contributed by atoms with van der Waals surface area (Å²) < 4.78 is 0. The van der Waals surface area contributed by atoms with Crippen LogP contribution in [0.2, 0.25) is 0 Å². The first kappa shape index (κ1) is 14.0. The van der Waals surface area contributed by atoms with E-state index >= 15 is 0 Å². The van der Waals surface area contributed by atoms with Gasteiger partial charge in [0.25, 0.3) is 0 Å². The second-order valence-corrected chi connectivity index (χ2v) is 5.79. The van der Waals surface area contributed by atoms with Gasteiger partial charge >= 0.3 is 5.97 Å². The largest absolute Gasteiger partial charge is 0.480 e. The lowest BCUT2D eigenvalue weighted by Gasteiger charge is -2.12. The second kappa shape index (κ2) is 6.12. The lowest BCUT2D eigenvalue weighted by molar-refractivity contribution is -0.138. The molecule has 19 heavy (non-hydrogen) atoms. The van der Waals surface area contributed by atoms with Crippen LogP contribution < -0.4 is 5.32 Å². The molecule has 0 saturated heterocycles. The number of anilines is 1. The van der Waals surface area contributed by atoms with E-state index in [0.717, 1.165) is 25.0 Å². The predicted octanol–water partition coefficient (Wildman–Crippen LogP) is 0.977. The number of fused-ring (bicyclic) bond motifs is 1. The second-order valence-electron chi connectivity index (χ2n) is 4.71. The highest BCUT2D eigenvalue weighted by Crippen LogP contribution is 2.29. The van der Waals surface area contributed by atoms with Crippen LogP contribution in [0.25, 0.3) is 0 Å². The number of hydrogen-bond donors (Lipinski definition) is 2. The first-order chi connectivity index (χ1) is 9.04. The van der Waals surface area contributed by atoms with Crippen LogP contribution in [0.1, 0.15) is 23.4 Å². The number of aliphatic carboxylic acids is 1. The number of hydrogen-bond acceptors (Lipinski definition) is 5. The van der Waals surface area contributed by atoms with Gasteiger partial charge in [0.2, 0.25) is 5.91 Å². The summed E-state index contributed by atoms with van der Waals surface area (Å²) in [7, 11) is 1.60. The van der Waals surface area contributed by atoms with Crippen LogP contribution in [-0.2, 0) is 22.4 Å². The topological polar surface area (TPSA) is 82.5 Å². The van der Waals surface area contributed by atoms with Gasteiger partial charge in [-0.05, 0) is 32.7 Å². The van der Waals surface area contributed by atoms with Crippen molar-refractivity contribution in [2.75, 3.05) is 25.5 Å². The number of carbonyl (C=O) groups excluding carboxylic acids is 1. The minimum Gasteiger partial charge on any atom is -0.480 e. The Bertz CT molecular complexity index is 463. The first-order valence-corrected chi connectivity index (χ1v) is 7.05. The quantitative estimate of drug-likeness (QED) is 0.841. The smallest absolute Gasteiger partial charge is 0.317 e. The fraction of sp³-hybridized carbons (Fsp3) is 0.583. The third-order valence-electron chi connectivity index (χ3n) is 2.91. The zero-order valence-corrected chi connectivity index (χ0v) is 11.6. The summed E-state index contributed by atoms with van der Waals surface area (Å²) in [6.07, 6.45) is 4.37. The lowest BCUT2D eigenvalue weighted by atomic mass is 10.0. The summed E-state index contributed by atoms with van der Waals surface area (Å²) in [6.45, 7) is -0.0989. The third-order valence-corrected chi connectivity index (χ3v) is 3.98. The van der Waals surface area contributed by atoms with E-state index < -0.39 is 5.97 Å². The van der Waals surface area contributed by atoms with Crippen molar-refractivity contribution in [3.63, 3.8) is 0 Å². The molecule has 0 fully saturated rings. The van der Waals surface area contributed by atoms with Crippen molar-refractivity contribution in [1.82, 2.24) is 9.88 Å². The molecule has 2 rings (SSSR count). The Morgan fingerprint density at radius 1 is 1.37 bits per heavy atom. The van der Waals surface area contributed by atoms with Crippen molar-refractivity contribution in [2.45, 2.75) is 25.7 Å². The number of aryl methyl sites for hydroxylation is 2. The van der Waals surface area contributed by atoms with Crippen molar-refractivity contribution in [1.29, 1.82) is 0 Å². The molecular weight excluding hydrogens is 266 g/mol. The van der Waals surface area contributed by atoms with Gasteiger partial charge < -0.3 is 10.4 Å². The van der Waals surface area contributed by atoms with Crippen LogP contribution in [0, 0.1) is 0 Å². The van der Waals surface area contributed by atoms with Crippen LogP contribution in [0.4, 0.5) is 5.13 Å². The van der Waals surface area contributed by atoms with E-state index in [-0.39, 0.29) is 19.0 Å². The normalized spacial score (nSPS) is 14.2. The number of carboxylic acid groups (broad SMARTS) is 1.